The van der Waals surface area contributed by atoms with Crippen molar-refractivity contribution in [1.82, 2.24) is 0 Å². The van der Waals surface area contributed by atoms with Gasteiger partial charge in [-0.3, -0.25) is 0 Å². The molecule has 0 spiro atoms. The molecular formula is C8H8ClF2N. The summed E-state index contributed by atoms with van der Waals surface area (Å²) in [7, 11) is 0. The van der Waals surface area contributed by atoms with Gasteiger partial charge >= 0.3 is 0 Å². The van der Waals surface area contributed by atoms with Gasteiger partial charge in [0.05, 0.1) is 5.69 Å². The lowest BCUT2D eigenvalue weighted by atomic mass is 10.1. The summed E-state index contributed by atoms with van der Waals surface area (Å²) in [5.74, 6) is -0.984. The van der Waals surface area contributed by atoms with Gasteiger partial charge < -0.3 is 5.32 Å². The Balaban J connectivity index is 0.000000720. The number of hydrogen-bond acceptors (Lipinski definition) is 1. The number of rotatable bonds is 0. The van der Waals surface area contributed by atoms with Crippen molar-refractivity contribution >= 4 is 18.1 Å². The van der Waals surface area contributed by atoms with Gasteiger partial charge in [-0.1, -0.05) is 0 Å². The van der Waals surface area contributed by atoms with Crippen LogP contribution in [0.2, 0.25) is 0 Å². The van der Waals surface area contributed by atoms with Gasteiger partial charge in [0.1, 0.15) is 11.6 Å². The van der Waals surface area contributed by atoms with Crippen LogP contribution in [0.4, 0.5) is 14.5 Å². The third kappa shape index (κ3) is 1.37. The Morgan fingerprint density at radius 1 is 1.25 bits per heavy atom. The van der Waals surface area contributed by atoms with Gasteiger partial charge in [0, 0.05) is 12.6 Å². The maximum absolute atomic E-state index is 12.8. The molecule has 1 N–H and O–H groups in total. The second kappa shape index (κ2) is 3.27. The Kier molecular flexibility index (Phi) is 2.52. The molecule has 0 saturated heterocycles. The molecule has 0 bridgehead atoms. The summed E-state index contributed by atoms with van der Waals surface area (Å²) in [4.78, 5) is 0. The molecule has 2 rings (SSSR count). The summed E-state index contributed by atoms with van der Waals surface area (Å²) in [6, 6.07) is 2.27. The molecule has 0 radical (unpaired) electrons. The minimum absolute atomic E-state index is 0. The smallest absolute Gasteiger partial charge is 0.149 e. The first kappa shape index (κ1) is 9.26. The highest BCUT2D eigenvalue weighted by Gasteiger charge is 2.15. The lowest BCUT2D eigenvalue weighted by Crippen LogP contribution is -1.93. The Morgan fingerprint density at radius 3 is 2.75 bits per heavy atom. The van der Waals surface area contributed by atoms with Crippen molar-refractivity contribution in [3.63, 3.8) is 0 Å². The zero-order valence-corrected chi connectivity index (χ0v) is 7.05. The molecule has 0 aliphatic carbocycles. The van der Waals surface area contributed by atoms with E-state index >= 15 is 0 Å². The van der Waals surface area contributed by atoms with Crippen molar-refractivity contribution in [1.29, 1.82) is 0 Å². The Hall–Kier alpha value is -0.830. The van der Waals surface area contributed by atoms with Crippen LogP contribution < -0.4 is 5.32 Å². The second-order valence-corrected chi connectivity index (χ2v) is 2.60. The molecule has 4 heteroatoms. The maximum Gasteiger partial charge on any atom is 0.149 e. The molecule has 0 unspecified atom stereocenters. The second-order valence-electron chi connectivity index (χ2n) is 2.60. The monoisotopic (exact) mass is 191 g/mol. The van der Waals surface area contributed by atoms with E-state index in [-0.39, 0.29) is 12.4 Å². The zero-order chi connectivity index (χ0) is 7.84. The van der Waals surface area contributed by atoms with Crippen molar-refractivity contribution in [2.24, 2.45) is 0 Å². The van der Waals surface area contributed by atoms with Crippen molar-refractivity contribution < 1.29 is 8.78 Å². The van der Waals surface area contributed by atoms with Crippen LogP contribution in [-0.4, -0.2) is 6.54 Å². The molecular weight excluding hydrogens is 184 g/mol. The molecule has 1 aliphatic rings. The molecule has 0 saturated carbocycles. The van der Waals surface area contributed by atoms with E-state index in [0.29, 0.717) is 18.7 Å². The van der Waals surface area contributed by atoms with Gasteiger partial charge in [-0.05, 0) is 18.1 Å². The number of hydrogen-bond donors (Lipinski definition) is 1. The Morgan fingerprint density at radius 2 is 2.00 bits per heavy atom. The summed E-state index contributed by atoms with van der Waals surface area (Å²) in [6.45, 7) is 0.704. The largest absolute Gasteiger partial charge is 0.382 e. The molecule has 0 amide bonds. The molecule has 0 aromatic heterocycles. The van der Waals surface area contributed by atoms with Crippen LogP contribution in [0.1, 0.15) is 5.56 Å². The molecule has 1 nitrogen and oxygen atoms in total. The van der Waals surface area contributed by atoms with Gasteiger partial charge in [0.25, 0.3) is 0 Å². The summed E-state index contributed by atoms with van der Waals surface area (Å²) in [6.07, 6.45) is 0.712. The Bertz CT molecular complexity index is 301. The summed E-state index contributed by atoms with van der Waals surface area (Å²) in [5.41, 5.74) is 1.20. The van der Waals surface area contributed by atoms with Crippen LogP contribution in [0, 0.1) is 11.6 Å². The highest BCUT2D eigenvalue weighted by atomic mass is 35.5. The molecule has 12 heavy (non-hydrogen) atoms. The molecule has 0 fully saturated rings. The SMILES string of the molecule is Cl.Fc1cc(F)c2c(c1)CCN2. The van der Waals surface area contributed by atoms with Crippen molar-refractivity contribution in [3.8, 4) is 0 Å². The number of fused-ring (bicyclic) bond motifs is 1. The van der Waals surface area contributed by atoms with Crippen LogP contribution in [-0.2, 0) is 6.42 Å². The fraction of sp³-hybridized carbons (Fsp3) is 0.250. The van der Waals surface area contributed by atoms with Crippen LogP contribution in [0.5, 0.6) is 0 Å². The molecule has 1 aliphatic heterocycles. The molecule has 66 valence electrons. The van der Waals surface area contributed by atoms with Crippen LogP contribution in [0.25, 0.3) is 0 Å². The molecule has 1 heterocycles. The number of benzene rings is 1. The van der Waals surface area contributed by atoms with E-state index < -0.39 is 11.6 Å². The molecule has 1 aromatic carbocycles. The first-order valence-electron chi connectivity index (χ1n) is 3.49. The van der Waals surface area contributed by atoms with Gasteiger partial charge in [-0.15, -0.1) is 12.4 Å². The van der Waals surface area contributed by atoms with E-state index in [0.717, 1.165) is 11.6 Å². The van der Waals surface area contributed by atoms with E-state index in [4.69, 9.17) is 0 Å². The zero-order valence-electron chi connectivity index (χ0n) is 6.23. The van der Waals surface area contributed by atoms with E-state index in [1.165, 1.54) is 6.07 Å². The maximum atomic E-state index is 12.8. The average Bonchev–Trinajstić information content (AvgIpc) is 2.34. The van der Waals surface area contributed by atoms with Gasteiger partial charge in [0.15, 0.2) is 0 Å². The number of nitrogens with one attached hydrogen (secondary N) is 1. The van der Waals surface area contributed by atoms with Crippen LogP contribution in [0.3, 0.4) is 0 Å². The third-order valence-electron chi connectivity index (χ3n) is 1.83. The molecule has 1 aromatic rings. The van der Waals surface area contributed by atoms with E-state index in [1.54, 1.807) is 0 Å². The average molecular weight is 192 g/mol. The first-order chi connectivity index (χ1) is 5.27. The normalized spacial score (nSPS) is 13.2. The summed E-state index contributed by atoms with van der Waals surface area (Å²) in [5, 5.41) is 2.85. The third-order valence-corrected chi connectivity index (χ3v) is 1.83. The fourth-order valence-electron chi connectivity index (χ4n) is 1.34. The highest BCUT2D eigenvalue weighted by Crippen LogP contribution is 2.25. The van der Waals surface area contributed by atoms with Crippen LogP contribution >= 0.6 is 12.4 Å². The van der Waals surface area contributed by atoms with Crippen molar-refractivity contribution in [3.05, 3.63) is 29.3 Å². The van der Waals surface area contributed by atoms with E-state index in [2.05, 4.69) is 5.32 Å². The molecule has 0 atom stereocenters. The highest BCUT2D eigenvalue weighted by molar-refractivity contribution is 5.85. The van der Waals surface area contributed by atoms with E-state index in [1.807, 2.05) is 0 Å². The topological polar surface area (TPSA) is 12.0 Å². The summed E-state index contributed by atoms with van der Waals surface area (Å²) < 4.78 is 25.4. The number of halogens is 3. The van der Waals surface area contributed by atoms with E-state index in [9.17, 15) is 8.78 Å². The minimum Gasteiger partial charge on any atom is -0.382 e. The number of anilines is 1. The van der Waals surface area contributed by atoms with Gasteiger partial charge in [0.2, 0.25) is 0 Å². The first-order valence-corrected chi connectivity index (χ1v) is 3.49. The van der Waals surface area contributed by atoms with Crippen molar-refractivity contribution in [2.45, 2.75) is 6.42 Å². The minimum atomic E-state index is -0.495. The Labute approximate surface area is 75.2 Å². The predicted molar refractivity (Wildman–Crippen MR) is 45.8 cm³/mol. The van der Waals surface area contributed by atoms with Crippen molar-refractivity contribution in [2.75, 3.05) is 11.9 Å². The fourth-order valence-corrected chi connectivity index (χ4v) is 1.34. The lowest BCUT2D eigenvalue weighted by molar-refractivity contribution is 0.585. The standard InChI is InChI=1S/C8H7F2N.ClH/c9-6-3-5-1-2-11-8(5)7(10)4-6;/h3-4,11H,1-2H2;1H. The summed E-state index contributed by atoms with van der Waals surface area (Å²) >= 11 is 0. The van der Waals surface area contributed by atoms with Gasteiger partial charge in [-0.2, -0.15) is 0 Å². The quantitative estimate of drug-likeness (QED) is 0.664. The van der Waals surface area contributed by atoms with Crippen LogP contribution in [0.15, 0.2) is 12.1 Å². The van der Waals surface area contributed by atoms with Gasteiger partial charge in [-0.25, -0.2) is 8.78 Å². The lowest BCUT2D eigenvalue weighted by Gasteiger charge is -2.00. The predicted octanol–water partition coefficient (Wildman–Crippen LogP) is 2.35.